The average Bonchev–Trinajstić information content (AvgIpc) is 2.55. The molecule has 0 aromatic heterocycles. The van der Waals surface area contributed by atoms with Crippen LogP contribution < -0.4 is 10.7 Å². The number of carbonyl (C=O) groups is 2. The highest BCUT2D eigenvalue weighted by molar-refractivity contribution is 6.30. The Kier molecular flexibility index (Phi) is 5.92. The van der Waals surface area contributed by atoms with E-state index >= 15 is 0 Å². The molecule has 24 heavy (non-hydrogen) atoms. The molecule has 0 saturated heterocycles. The number of aryl methyl sites for hydroxylation is 1. The Bertz CT molecular complexity index is 773. The van der Waals surface area contributed by atoms with Crippen LogP contribution in [0.25, 0.3) is 0 Å². The SMILES string of the molecule is Cc1ccc(/C=N\NC(=O)CNC(=O)c2ccc(Cl)cc2)c(O)c1. The molecule has 0 unspecified atom stereocenters. The van der Waals surface area contributed by atoms with E-state index in [0.717, 1.165) is 5.56 Å². The molecule has 0 fully saturated rings. The van der Waals surface area contributed by atoms with Gasteiger partial charge in [-0.05, 0) is 48.9 Å². The number of hydrazone groups is 1. The number of phenols is 1. The zero-order valence-corrected chi connectivity index (χ0v) is 13.7. The van der Waals surface area contributed by atoms with Crippen molar-refractivity contribution >= 4 is 29.6 Å². The first-order chi connectivity index (χ1) is 11.5. The van der Waals surface area contributed by atoms with Crippen LogP contribution >= 0.6 is 11.6 Å². The first-order valence-corrected chi connectivity index (χ1v) is 7.49. The fraction of sp³-hybridized carbons (Fsp3) is 0.118. The maximum absolute atomic E-state index is 11.8. The van der Waals surface area contributed by atoms with E-state index in [1.54, 1.807) is 36.4 Å². The van der Waals surface area contributed by atoms with Gasteiger partial charge in [0, 0.05) is 16.1 Å². The van der Waals surface area contributed by atoms with Gasteiger partial charge in [-0.1, -0.05) is 17.7 Å². The molecule has 7 heteroatoms. The van der Waals surface area contributed by atoms with Crippen molar-refractivity contribution in [2.75, 3.05) is 6.54 Å². The number of rotatable bonds is 5. The van der Waals surface area contributed by atoms with Gasteiger partial charge in [-0.25, -0.2) is 5.43 Å². The van der Waals surface area contributed by atoms with E-state index in [4.69, 9.17) is 11.6 Å². The smallest absolute Gasteiger partial charge is 0.259 e. The molecule has 0 radical (unpaired) electrons. The summed E-state index contributed by atoms with van der Waals surface area (Å²) in [6, 6.07) is 11.4. The van der Waals surface area contributed by atoms with Gasteiger partial charge in [0.05, 0.1) is 12.8 Å². The van der Waals surface area contributed by atoms with E-state index in [-0.39, 0.29) is 18.2 Å². The molecule has 0 saturated carbocycles. The van der Waals surface area contributed by atoms with Gasteiger partial charge >= 0.3 is 0 Å². The van der Waals surface area contributed by atoms with Crippen LogP contribution in [0.15, 0.2) is 47.6 Å². The summed E-state index contributed by atoms with van der Waals surface area (Å²) < 4.78 is 0. The molecule has 2 aromatic rings. The van der Waals surface area contributed by atoms with Gasteiger partial charge in [0.15, 0.2) is 0 Å². The van der Waals surface area contributed by atoms with Crippen molar-refractivity contribution in [1.29, 1.82) is 0 Å². The lowest BCUT2D eigenvalue weighted by atomic mass is 10.1. The highest BCUT2D eigenvalue weighted by Gasteiger charge is 2.07. The molecule has 0 spiro atoms. The van der Waals surface area contributed by atoms with Crippen LogP contribution in [0.4, 0.5) is 0 Å². The summed E-state index contributed by atoms with van der Waals surface area (Å²) in [4.78, 5) is 23.5. The van der Waals surface area contributed by atoms with E-state index in [0.29, 0.717) is 16.1 Å². The largest absolute Gasteiger partial charge is 0.507 e. The summed E-state index contributed by atoms with van der Waals surface area (Å²) in [6.45, 7) is 1.63. The van der Waals surface area contributed by atoms with Crippen LogP contribution in [0.3, 0.4) is 0 Å². The number of hydrogen-bond acceptors (Lipinski definition) is 4. The van der Waals surface area contributed by atoms with Crippen molar-refractivity contribution in [2.45, 2.75) is 6.92 Å². The molecule has 6 nitrogen and oxygen atoms in total. The third-order valence-corrected chi connectivity index (χ3v) is 3.35. The molecule has 0 atom stereocenters. The van der Waals surface area contributed by atoms with Crippen molar-refractivity contribution in [3.63, 3.8) is 0 Å². The molecular formula is C17H16ClN3O3. The van der Waals surface area contributed by atoms with Gasteiger partial charge in [0.25, 0.3) is 11.8 Å². The normalized spacial score (nSPS) is 10.6. The molecule has 0 bridgehead atoms. The zero-order valence-electron chi connectivity index (χ0n) is 12.9. The van der Waals surface area contributed by atoms with Crippen LogP contribution in [0.5, 0.6) is 5.75 Å². The lowest BCUT2D eigenvalue weighted by Gasteiger charge is -2.04. The van der Waals surface area contributed by atoms with Crippen LogP contribution in [-0.2, 0) is 4.79 Å². The first kappa shape index (κ1) is 17.5. The molecule has 3 N–H and O–H groups in total. The number of benzene rings is 2. The molecular weight excluding hydrogens is 330 g/mol. The third kappa shape index (κ3) is 5.10. The Morgan fingerprint density at radius 3 is 2.58 bits per heavy atom. The van der Waals surface area contributed by atoms with Crippen LogP contribution in [0.2, 0.25) is 5.02 Å². The van der Waals surface area contributed by atoms with Gasteiger partial charge in [-0.3, -0.25) is 9.59 Å². The predicted molar refractivity (Wildman–Crippen MR) is 92.4 cm³/mol. The Labute approximate surface area is 144 Å². The standard InChI is InChI=1S/C17H16ClN3O3/c1-11-2-3-13(15(22)8-11)9-20-21-16(23)10-19-17(24)12-4-6-14(18)7-5-12/h2-9,22H,10H2,1H3,(H,19,24)(H,21,23)/b20-9-. The Morgan fingerprint density at radius 2 is 1.92 bits per heavy atom. The summed E-state index contributed by atoms with van der Waals surface area (Å²) >= 11 is 5.74. The highest BCUT2D eigenvalue weighted by atomic mass is 35.5. The van der Waals surface area contributed by atoms with Crippen LogP contribution in [-0.4, -0.2) is 29.7 Å². The summed E-state index contributed by atoms with van der Waals surface area (Å²) in [7, 11) is 0. The summed E-state index contributed by atoms with van der Waals surface area (Å²) in [5.41, 5.74) is 4.07. The molecule has 0 aliphatic rings. The Morgan fingerprint density at radius 1 is 1.21 bits per heavy atom. The minimum Gasteiger partial charge on any atom is -0.507 e. The van der Waals surface area contributed by atoms with Crippen LogP contribution in [0, 0.1) is 6.92 Å². The van der Waals surface area contributed by atoms with E-state index in [1.165, 1.54) is 6.21 Å². The van der Waals surface area contributed by atoms with Crippen molar-refractivity contribution in [1.82, 2.24) is 10.7 Å². The second-order valence-corrected chi connectivity index (χ2v) is 5.48. The number of amides is 2. The maximum atomic E-state index is 11.8. The molecule has 0 aliphatic heterocycles. The number of phenolic OH excluding ortho intramolecular Hbond substituents is 1. The number of aromatic hydroxyl groups is 1. The monoisotopic (exact) mass is 345 g/mol. The third-order valence-electron chi connectivity index (χ3n) is 3.09. The summed E-state index contributed by atoms with van der Waals surface area (Å²) in [5, 5.41) is 16.4. The fourth-order valence-corrected chi connectivity index (χ4v) is 1.97. The van der Waals surface area contributed by atoms with E-state index < -0.39 is 5.91 Å². The number of nitrogens with zero attached hydrogens (tertiary/aromatic N) is 1. The topological polar surface area (TPSA) is 90.8 Å². The molecule has 2 rings (SSSR count). The Balaban J connectivity index is 1.81. The first-order valence-electron chi connectivity index (χ1n) is 7.11. The predicted octanol–water partition coefficient (Wildman–Crippen LogP) is 2.23. The number of carbonyl (C=O) groups excluding carboxylic acids is 2. The average molecular weight is 346 g/mol. The highest BCUT2D eigenvalue weighted by Crippen LogP contribution is 2.15. The van der Waals surface area contributed by atoms with Crippen molar-refractivity contribution < 1.29 is 14.7 Å². The second-order valence-electron chi connectivity index (χ2n) is 5.05. The number of halogens is 1. The van der Waals surface area contributed by atoms with Gasteiger partial charge in [-0.15, -0.1) is 0 Å². The fourth-order valence-electron chi connectivity index (χ4n) is 1.84. The summed E-state index contributed by atoms with van der Waals surface area (Å²) in [5.74, 6) is -0.800. The van der Waals surface area contributed by atoms with Gasteiger partial charge in [0.1, 0.15) is 5.75 Å². The lowest BCUT2D eigenvalue weighted by molar-refractivity contribution is -0.120. The van der Waals surface area contributed by atoms with Crippen molar-refractivity contribution in [2.24, 2.45) is 5.10 Å². The van der Waals surface area contributed by atoms with E-state index in [1.807, 2.05) is 13.0 Å². The van der Waals surface area contributed by atoms with Crippen molar-refractivity contribution in [3.8, 4) is 5.75 Å². The van der Waals surface area contributed by atoms with Gasteiger partial charge in [-0.2, -0.15) is 5.10 Å². The molecule has 0 aliphatic carbocycles. The number of nitrogens with one attached hydrogen (secondary N) is 2. The zero-order chi connectivity index (χ0) is 17.5. The Hall–Kier alpha value is -2.86. The van der Waals surface area contributed by atoms with E-state index in [2.05, 4.69) is 15.8 Å². The minimum absolute atomic E-state index is 0.0732. The van der Waals surface area contributed by atoms with Gasteiger partial charge < -0.3 is 10.4 Å². The molecule has 0 heterocycles. The molecule has 124 valence electrons. The van der Waals surface area contributed by atoms with E-state index in [9.17, 15) is 14.7 Å². The molecule has 2 amide bonds. The second kappa shape index (κ2) is 8.12. The van der Waals surface area contributed by atoms with Crippen LogP contribution in [0.1, 0.15) is 21.5 Å². The number of hydrogen-bond donors (Lipinski definition) is 3. The van der Waals surface area contributed by atoms with Crippen molar-refractivity contribution in [3.05, 3.63) is 64.2 Å². The summed E-state index contributed by atoms with van der Waals surface area (Å²) in [6.07, 6.45) is 1.33. The van der Waals surface area contributed by atoms with Gasteiger partial charge in [0.2, 0.25) is 0 Å². The quantitative estimate of drug-likeness (QED) is 0.573. The molecule has 2 aromatic carbocycles. The maximum Gasteiger partial charge on any atom is 0.259 e. The lowest BCUT2D eigenvalue weighted by Crippen LogP contribution is -2.34. The minimum atomic E-state index is -0.486.